The molecule has 142 valence electrons. The van der Waals surface area contributed by atoms with Crippen LogP contribution in [0.3, 0.4) is 0 Å². The summed E-state index contributed by atoms with van der Waals surface area (Å²) in [5.74, 6) is -0.313. The smallest absolute Gasteiger partial charge is 0.251 e. The second kappa shape index (κ2) is 8.89. The highest BCUT2D eigenvalue weighted by molar-refractivity contribution is 5.94. The molecule has 0 aliphatic carbocycles. The molecule has 0 fully saturated rings. The number of benzene rings is 1. The molecule has 1 N–H and O–H groups in total. The SMILES string of the molecule is O=C(NC(c1cccnc1)C(c1cccnc1)c1cccnc1)c1ccccc1. The molecule has 1 amide bonds. The van der Waals surface area contributed by atoms with Crippen molar-refractivity contribution in [3.05, 3.63) is 126 Å². The quantitative estimate of drug-likeness (QED) is 0.545. The molecule has 3 heterocycles. The van der Waals surface area contributed by atoms with Crippen LogP contribution in [-0.2, 0) is 0 Å². The van der Waals surface area contributed by atoms with E-state index in [1.54, 1.807) is 36.9 Å². The Morgan fingerprint density at radius 1 is 0.655 bits per heavy atom. The van der Waals surface area contributed by atoms with E-state index >= 15 is 0 Å². The minimum absolute atomic E-state index is 0.141. The van der Waals surface area contributed by atoms with Crippen LogP contribution >= 0.6 is 0 Å². The fourth-order valence-corrected chi connectivity index (χ4v) is 3.43. The average molecular weight is 380 g/mol. The monoisotopic (exact) mass is 380 g/mol. The van der Waals surface area contributed by atoms with Crippen molar-refractivity contribution in [2.45, 2.75) is 12.0 Å². The molecule has 1 aromatic carbocycles. The van der Waals surface area contributed by atoms with Crippen molar-refractivity contribution in [1.82, 2.24) is 20.3 Å². The summed E-state index contributed by atoms with van der Waals surface area (Å²) in [4.78, 5) is 25.9. The van der Waals surface area contributed by atoms with Crippen molar-refractivity contribution >= 4 is 5.91 Å². The molecule has 4 aromatic rings. The normalized spacial score (nSPS) is 11.8. The van der Waals surface area contributed by atoms with E-state index in [-0.39, 0.29) is 17.9 Å². The largest absolute Gasteiger partial charge is 0.344 e. The summed E-state index contributed by atoms with van der Waals surface area (Å²) in [5.41, 5.74) is 3.50. The van der Waals surface area contributed by atoms with Gasteiger partial charge in [0.2, 0.25) is 0 Å². The molecular formula is C24H20N4O. The van der Waals surface area contributed by atoms with Crippen LogP contribution in [0.15, 0.2) is 104 Å². The highest BCUT2D eigenvalue weighted by Gasteiger charge is 2.29. The van der Waals surface area contributed by atoms with Gasteiger partial charge in [0.1, 0.15) is 0 Å². The van der Waals surface area contributed by atoms with Gasteiger partial charge in [-0.25, -0.2) is 0 Å². The van der Waals surface area contributed by atoms with Gasteiger partial charge >= 0.3 is 0 Å². The second-order valence-corrected chi connectivity index (χ2v) is 6.65. The van der Waals surface area contributed by atoms with E-state index in [1.165, 1.54) is 0 Å². The standard InChI is InChI=1S/C24H20N4O/c29-24(18-7-2-1-3-8-18)28-23(21-11-6-14-27-17-21)22(19-9-4-12-25-15-19)20-10-5-13-26-16-20/h1-17,22-23H,(H,28,29). The van der Waals surface area contributed by atoms with E-state index in [0.29, 0.717) is 5.56 Å². The van der Waals surface area contributed by atoms with Crippen molar-refractivity contribution in [3.63, 3.8) is 0 Å². The van der Waals surface area contributed by atoms with Gasteiger partial charge in [0.05, 0.1) is 6.04 Å². The number of pyridine rings is 3. The van der Waals surface area contributed by atoms with Gasteiger partial charge in [-0.2, -0.15) is 0 Å². The number of aromatic nitrogens is 3. The third-order valence-electron chi connectivity index (χ3n) is 4.79. The number of hydrogen-bond acceptors (Lipinski definition) is 4. The van der Waals surface area contributed by atoms with Crippen LogP contribution in [0, 0.1) is 0 Å². The van der Waals surface area contributed by atoms with Crippen LogP contribution < -0.4 is 5.32 Å². The van der Waals surface area contributed by atoms with Crippen molar-refractivity contribution in [2.24, 2.45) is 0 Å². The lowest BCUT2D eigenvalue weighted by molar-refractivity contribution is 0.0933. The number of amides is 1. The van der Waals surface area contributed by atoms with Crippen molar-refractivity contribution in [3.8, 4) is 0 Å². The minimum Gasteiger partial charge on any atom is -0.344 e. The van der Waals surface area contributed by atoms with Crippen molar-refractivity contribution in [2.75, 3.05) is 0 Å². The summed E-state index contributed by atoms with van der Waals surface area (Å²) in [5, 5.41) is 3.21. The van der Waals surface area contributed by atoms with Crippen LogP contribution in [-0.4, -0.2) is 20.9 Å². The maximum Gasteiger partial charge on any atom is 0.251 e. The molecular weight excluding hydrogens is 360 g/mol. The highest BCUT2D eigenvalue weighted by Crippen LogP contribution is 2.36. The van der Waals surface area contributed by atoms with Gasteiger partial charge in [-0.1, -0.05) is 36.4 Å². The van der Waals surface area contributed by atoms with Crippen molar-refractivity contribution in [1.29, 1.82) is 0 Å². The first-order chi connectivity index (χ1) is 14.3. The number of nitrogens with zero attached hydrogens (tertiary/aromatic N) is 3. The molecule has 5 nitrogen and oxygen atoms in total. The molecule has 5 heteroatoms. The molecule has 0 aliphatic rings. The molecule has 0 spiro atoms. The van der Waals surface area contributed by atoms with Crippen LogP contribution in [0.4, 0.5) is 0 Å². The fourth-order valence-electron chi connectivity index (χ4n) is 3.43. The topological polar surface area (TPSA) is 67.8 Å². The summed E-state index contributed by atoms with van der Waals surface area (Å²) >= 11 is 0. The predicted octanol–water partition coefficient (Wildman–Crippen LogP) is 4.17. The Kier molecular flexibility index (Phi) is 5.67. The average Bonchev–Trinajstić information content (AvgIpc) is 2.81. The summed E-state index contributed by atoms with van der Waals surface area (Å²) in [6.07, 6.45) is 10.7. The van der Waals surface area contributed by atoms with Crippen LogP contribution in [0.1, 0.15) is 39.0 Å². The first-order valence-electron chi connectivity index (χ1n) is 9.38. The zero-order valence-corrected chi connectivity index (χ0v) is 15.7. The maximum absolute atomic E-state index is 13.0. The van der Waals surface area contributed by atoms with E-state index in [0.717, 1.165) is 16.7 Å². The lowest BCUT2D eigenvalue weighted by Crippen LogP contribution is -2.33. The molecule has 29 heavy (non-hydrogen) atoms. The Balaban J connectivity index is 1.80. The molecule has 0 saturated carbocycles. The summed E-state index contributed by atoms with van der Waals surface area (Å²) < 4.78 is 0. The van der Waals surface area contributed by atoms with Crippen LogP contribution in [0.25, 0.3) is 0 Å². The molecule has 1 atom stereocenters. The molecule has 3 aromatic heterocycles. The lowest BCUT2D eigenvalue weighted by Gasteiger charge is -2.29. The van der Waals surface area contributed by atoms with Gasteiger partial charge in [0, 0.05) is 48.7 Å². The number of hydrogen-bond donors (Lipinski definition) is 1. The van der Waals surface area contributed by atoms with Crippen molar-refractivity contribution < 1.29 is 4.79 Å². The third kappa shape index (κ3) is 4.35. The van der Waals surface area contributed by atoms with E-state index in [2.05, 4.69) is 20.3 Å². The van der Waals surface area contributed by atoms with E-state index in [1.807, 2.05) is 67.0 Å². The van der Waals surface area contributed by atoms with Gasteiger partial charge in [-0.3, -0.25) is 19.7 Å². The predicted molar refractivity (Wildman–Crippen MR) is 111 cm³/mol. The first kappa shape index (κ1) is 18.5. The molecule has 0 radical (unpaired) electrons. The summed E-state index contributed by atoms with van der Waals surface area (Å²) in [6, 6.07) is 20.6. The van der Waals surface area contributed by atoms with Crippen LogP contribution in [0.5, 0.6) is 0 Å². The summed E-state index contributed by atoms with van der Waals surface area (Å²) in [6.45, 7) is 0. The van der Waals surface area contributed by atoms with Gasteiger partial charge in [0.15, 0.2) is 0 Å². The third-order valence-corrected chi connectivity index (χ3v) is 4.79. The lowest BCUT2D eigenvalue weighted by atomic mass is 9.83. The Morgan fingerprint density at radius 2 is 1.17 bits per heavy atom. The zero-order chi connectivity index (χ0) is 19.9. The minimum atomic E-state index is -0.343. The Labute approximate surface area is 169 Å². The number of rotatable bonds is 6. The Morgan fingerprint density at radius 3 is 1.66 bits per heavy atom. The number of carbonyl (C=O) groups excluding carboxylic acids is 1. The Hall–Kier alpha value is -3.86. The molecule has 4 rings (SSSR count). The molecule has 0 saturated heterocycles. The van der Waals surface area contributed by atoms with Gasteiger partial charge in [-0.15, -0.1) is 0 Å². The van der Waals surface area contributed by atoms with Crippen LogP contribution in [0.2, 0.25) is 0 Å². The van der Waals surface area contributed by atoms with E-state index < -0.39 is 0 Å². The van der Waals surface area contributed by atoms with E-state index in [9.17, 15) is 4.79 Å². The number of carbonyl (C=O) groups is 1. The van der Waals surface area contributed by atoms with Gasteiger partial charge in [0.25, 0.3) is 5.91 Å². The first-order valence-corrected chi connectivity index (χ1v) is 9.38. The molecule has 0 aliphatic heterocycles. The molecule has 0 bridgehead atoms. The van der Waals surface area contributed by atoms with Gasteiger partial charge in [-0.05, 0) is 47.0 Å². The number of nitrogens with one attached hydrogen (secondary N) is 1. The summed E-state index contributed by atoms with van der Waals surface area (Å²) in [7, 11) is 0. The Bertz CT molecular complexity index is 1000. The second-order valence-electron chi connectivity index (χ2n) is 6.65. The highest BCUT2D eigenvalue weighted by atomic mass is 16.1. The maximum atomic E-state index is 13.0. The molecule has 1 unspecified atom stereocenters. The zero-order valence-electron chi connectivity index (χ0n) is 15.7. The fraction of sp³-hybridized carbons (Fsp3) is 0.0833. The van der Waals surface area contributed by atoms with E-state index in [4.69, 9.17) is 0 Å². The van der Waals surface area contributed by atoms with Gasteiger partial charge < -0.3 is 5.32 Å².